The average molecular weight is 293 g/mol. The second-order valence-electron chi connectivity index (χ2n) is 5.62. The number of aromatic nitrogens is 2. The van der Waals surface area contributed by atoms with E-state index in [2.05, 4.69) is 10.4 Å². The summed E-state index contributed by atoms with van der Waals surface area (Å²) in [5, 5.41) is 16.0. The average Bonchev–Trinajstić information content (AvgIpc) is 3.19. The van der Waals surface area contributed by atoms with E-state index in [0.717, 1.165) is 12.8 Å². The van der Waals surface area contributed by atoms with Gasteiger partial charge in [0, 0.05) is 12.8 Å². The third-order valence-corrected chi connectivity index (χ3v) is 4.19. The van der Waals surface area contributed by atoms with Crippen LogP contribution in [0.1, 0.15) is 48.6 Å². The van der Waals surface area contributed by atoms with Crippen LogP contribution in [0.25, 0.3) is 0 Å². The first kappa shape index (κ1) is 14.1. The van der Waals surface area contributed by atoms with Gasteiger partial charge in [0.15, 0.2) is 6.10 Å². The Morgan fingerprint density at radius 3 is 2.81 bits per heavy atom. The smallest absolute Gasteiger partial charge is 0.334 e. The first-order chi connectivity index (χ1) is 10.1. The molecule has 2 fully saturated rings. The van der Waals surface area contributed by atoms with Crippen LogP contribution in [-0.4, -0.2) is 45.5 Å². The molecule has 1 saturated carbocycles. The molecule has 1 aromatic rings. The molecule has 1 aliphatic carbocycles. The predicted molar refractivity (Wildman–Crippen MR) is 73.0 cm³/mol. The fourth-order valence-electron chi connectivity index (χ4n) is 3.05. The molecule has 7 heteroatoms. The molecule has 0 bridgehead atoms. The van der Waals surface area contributed by atoms with Crippen LogP contribution in [0.2, 0.25) is 0 Å². The first-order valence-corrected chi connectivity index (χ1v) is 7.35. The molecule has 0 radical (unpaired) electrons. The summed E-state index contributed by atoms with van der Waals surface area (Å²) >= 11 is 0. The SMILES string of the molecule is O=C(N[C@H]1CCO[C@H]1C(=O)O)c1ccn(C2CCCC2)n1. The van der Waals surface area contributed by atoms with E-state index in [4.69, 9.17) is 9.84 Å². The second-order valence-corrected chi connectivity index (χ2v) is 5.62. The summed E-state index contributed by atoms with van der Waals surface area (Å²) in [6, 6.07) is 1.57. The van der Waals surface area contributed by atoms with E-state index in [1.54, 1.807) is 6.07 Å². The van der Waals surface area contributed by atoms with Gasteiger partial charge in [-0.15, -0.1) is 0 Å². The highest BCUT2D eigenvalue weighted by atomic mass is 16.5. The van der Waals surface area contributed by atoms with Gasteiger partial charge >= 0.3 is 5.97 Å². The molecule has 1 amide bonds. The van der Waals surface area contributed by atoms with Crippen molar-refractivity contribution in [3.8, 4) is 0 Å². The number of carboxylic acid groups (broad SMARTS) is 1. The monoisotopic (exact) mass is 293 g/mol. The van der Waals surface area contributed by atoms with E-state index < -0.39 is 18.1 Å². The second kappa shape index (κ2) is 5.85. The number of carbonyl (C=O) groups is 2. The number of amides is 1. The van der Waals surface area contributed by atoms with Crippen LogP contribution in [0, 0.1) is 0 Å². The molecule has 1 aromatic heterocycles. The van der Waals surface area contributed by atoms with Crippen molar-refractivity contribution in [1.82, 2.24) is 15.1 Å². The zero-order chi connectivity index (χ0) is 14.8. The Morgan fingerprint density at radius 2 is 2.10 bits per heavy atom. The Kier molecular flexibility index (Phi) is 3.92. The Balaban J connectivity index is 1.64. The van der Waals surface area contributed by atoms with Gasteiger partial charge in [-0.05, 0) is 25.3 Å². The molecule has 1 aliphatic heterocycles. The molecule has 2 N–H and O–H groups in total. The van der Waals surface area contributed by atoms with Crippen molar-refractivity contribution in [2.75, 3.05) is 6.61 Å². The molecular formula is C14H19N3O4. The van der Waals surface area contributed by atoms with Crippen molar-refractivity contribution in [3.63, 3.8) is 0 Å². The number of hydrogen-bond acceptors (Lipinski definition) is 4. The lowest BCUT2D eigenvalue weighted by Gasteiger charge is -2.15. The number of carboxylic acids is 1. The van der Waals surface area contributed by atoms with Crippen molar-refractivity contribution in [2.45, 2.75) is 50.3 Å². The van der Waals surface area contributed by atoms with Gasteiger partial charge in [-0.3, -0.25) is 9.48 Å². The summed E-state index contributed by atoms with van der Waals surface area (Å²) in [6.45, 7) is 0.346. The minimum Gasteiger partial charge on any atom is -0.479 e. The van der Waals surface area contributed by atoms with Gasteiger partial charge in [-0.25, -0.2) is 4.79 Å². The van der Waals surface area contributed by atoms with Crippen LogP contribution in [0.15, 0.2) is 12.3 Å². The third-order valence-electron chi connectivity index (χ3n) is 4.19. The van der Waals surface area contributed by atoms with Crippen molar-refractivity contribution in [1.29, 1.82) is 0 Å². The van der Waals surface area contributed by atoms with Crippen LogP contribution in [0.3, 0.4) is 0 Å². The maximum atomic E-state index is 12.2. The minimum atomic E-state index is -1.05. The molecule has 3 rings (SSSR count). The molecule has 7 nitrogen and oxygen atoms in total. The highest BCUT2D eigenvalue weighted by Gasteiger charge is 2.35. The normalized spacial score (nSPS) is 26.1. The highest BCUT2D eigenvalue weighted by molar-refractivity contribution is 5.92. The molecule has 1 saturated heterocycles. The van der Waals surface area contributed by atoms with Crippen molar-refractivity contribution in [2.24, 2.45) is 0 Å². The first-order valence-electron chi connectivity index (χ1n) is 7.35. The summed E-state index contributed by atoms with van der Waals surface area (Å²) in [4.78, 5) is 23.2. The van der Waals surface area contributed by atoms with Crippen LogP contribution in [0.5, 0.6) is 0 Å². The van der Waals surface area contributed by atoms with Gasteiger partial charge < -0.3 is 15.2 Å². The van der Waals surface area contributed by atoms with E-state index >= 15 is 0 Å². The van der Waals surface area contributed by atoms with Gasteiger partial charge in [0.1, 0.15) is 5.69 Å². The van der Waals surface area contributed by atoms with Gasteiger partial charge in [-0.2, -0.15) is 5.10 Å². The highest BCUT2D eigenvalue weighted by Crippen LogP contribution is 2.28. The number of carbonyl (C=O) groups excluding carboxylic acids is 1. The molecule has 114 valence electrons. The number of rotatable bonds is 4. The maximum absolute atomic E-state index is 12.2. The lowest BCUT2D eigenvalue weighted by Crippen LogP contribution is -2.44. The van der Waals surface area contributed by atoms with Crippen molar-refractivity contribution in [3.05, 3.63) is 18.0 Å². The molecule has 0 unspecified atom stereocenters. The number of nitrogens with one attached hydrogen (secondary N) is 1. The standard InChI is InChI=1S/C14H19N3O4/c18-13(15-10-6-8-21-12(10)14(19)20)11-5-7-17(16-11)9-3-1-2-4-9/h5,7,9-10,12H,1-4,6,8H2,(H,15,18)(H,19,20)/t10-,12+/m0/s1. The lowest BCUT2D eigenvalue weighted by atomic mass is 10.1. The van der Waals surface area contributed by atoms with E-state index in [0.29, 0.717) is 24.8 Å². The number of nitrogens with zero attached hydrogens (tertiary/aromatic N) is 2. The van der Waals surface area contributed by atoms with Crippen LogP contribution >= 0.6 is 0 Å². The molecular weight excluding hydrogens is 274 g/mol. The van der Waals surface area contributed by atoms with Gasteiger partial charge in [-0.1, -0.05) is 12.8 Å². The number of ether oxygens (including phenoxy) is 1. The molecule has 0 spiro atoms. The van der Waals surface area contributed by atoms with Gasteiger partial charge in [0.05, 0.1) is 12.1 Å². The molecule has 2 aliphatic rings. The van der Waals surface area contributed by atoms with E-state index in [1.807, 2.05) is 10.9 Å². The minimum absolute atomic E-state index is 0.331. The summed E-state index contributed by atoms with van der Waals surface area (Å²) < 4.78 is 6.96. The fraction of sp³-hybridized carbons (Fsp3) is 0.643. The Morgan fingerprint density at radius 1 is 1.33 bits per heavy atom. The quantitative estimate of drug-likeness (QED) is 0.862. The maximum Gasteiger partial charge on any atom is 0.334 e. The summed E-state index contributed by atoms with van der Waals surface area (Å²) in [7, 11) is 0. The van der Waals surface area contributed by atoms with Crippen LogP contribution < -0.4 is 5.32 Å². The lowest BCUT2D eigenvalue weighted by molar-refractivity contribution is -0.148. The van der Waals surface area contributed by atoms with Crippen molar-refractivity contribution >= 4 is 11.9 Å². The largest absolute Gasteiger partial charge is 0.479 e. The fourth-order valence-corrected chi connectivity index (χ4v) is 3.05. The third kappa shape index (κ3) is 2.92. The Hall–Kier alpha value is -1.89. The summed E-state index contributed by atoms with van der Waals surface area (Å²) in [5.74, 6) is -1.39. The Bertz CT molecular complexity index is 536. The van der Waals surface area contributed by atoms with E-state index in [-0.39, 0.29) is 5.91 Å². The molecule has 21 heavy (non-hydrogen) atoms. The molecule has 2 heterocycles. The van der Waals surface area contributed by atoms with Gasteiger partial charge in [0.25, 0.3) is 5.91 Å². The summed E-state index contributed by atoms with van der Waals surface area (Å²) in [5.41, 5.74) is 0.331. The summed E-state index contributed by atoms with van der Waals surface area (Å²) in [6.07, 6.45) is 5.96. The zero-order valence-electron chi connectivity index (χ0n) is 11.7. The van der Waals surface area contributed by atoms with E-state index in [1.165, 1.54) is 12.8 Å². The van der Waals surface area contributed by atoms with Gasteiger partial charge in [0.2, 0.25) is 0 Å². The zero-order valence-corrected chi connectivity index (χ0v) is 11.7. The predicted octanol–water partition coefficient (Wildman–Crippen LogP) is 0.970. The Labute approximate surface area is 122 Å². The van der Waals surface area contributed by atoms with E-state index in [9.17, 15) is 9.59 Å². The number of hydrogen-bond donors (Lipinski definition) is 2. The van der Waals surface area contributed by atoms with Crippen LogP contribution in [0.4, 0.5) is 0 Å². The number of aliphatic carboxylic acids is 1. The molecule has 0 aromatic carbocycles. The molecule has 2 atom stereocenters. The van der Waals surface area contributed by atoms with Crippen molar-refractivity contribution < 1.29 is 19.4 Å². The van der Waals surface area contributed by atoms with Crippen LogP contribution in [-0.2, 0) is 9.53 Å². The topological polar surface area (TPSA) is 93.5 Å².